The lowest BCUT2D eigenvalue weighted by Gasteiger charge is -2.36. The van der Waals surface area contributed by atoms with E-state index in [9.17, 15) is 14.4 Å². The second-order valence-corrected chi connectivity index (χ2v) is 11.1. The van der Waals surface area contributed by atoms with E-state index in [1.165, 1.54) is 5.56 Å². The molecule has 0 spiro atoms. The molecule has 2 aromatic carbocycles. The summed E-state index contributed by atoms with van der Waals surface area (Å²) >= 11 is 6.11. The van der Waals surface area contributed by atoms with Crippen LogP contribution in [0.4, 0.5) is 5.69 Å². The van der Waals surface area contributed by atoms with Crippen molar-refractivity contribution in [2.45, 2.75) is 71.5 Å². The number of hydrogen-bond donors (Lipinski definition) is 4. The van der Waals surface area contributed by atoms with Crippen molar-refractivity contribution in [3.05, 3.63) is 64.2 Å². The summed E-state index contributed by atoms with van der Waals surface area (Å²) in [5.41, 5.74) is 9.55. The van der Waals surface area contributed by atoms with E-state index in [2.05, 4.69) is 40.8 Å². The minimum absolute atomic E-state index is 0.0335. The van der Waals surface area contributed by atoms with Crippen LogP contribution in [-0.4, -0.2) is 54.3 Å². The van der Waals surface area contributed by atoms with Gasteiger partial charge in [0.15, 0.2) is 0 Å². The fourth-order valence-corrected chi connectivity index (χ4v) is 4.87. The average molecular weight is 556 g/mol. The van der Waals surface area contributed by atoms with Crippen LogP contribution in [0.15, 0.2) is 42.5 Å². The van der Waals surface area contributed by atoms with Gasteiger partial charge in [0, 0.05) is 30.2 Å². The van der Waals surface area contributed by atoms with E-state index in [0.29, 0.717) is 61.9 Å². The van der Waals surface area contributed by atoms with Gasteiger partial charge in [-0.3, -0.25) is 19.3 Å². The Hall–Kier alpha value is -2.94. The Kier molecular flexibility index (Phi) is 11.8. The maximum atomic E-state index is 13.6. The lowest BCUT2D eigenvalue weighted by molar-refractivity contribution is -0.131. The smallest absolute Gasteiger partial charge is 0.246 e. The van der Waals surface area contributed by atoms with Crippen molar-refractivity contribution in [1.82, 2.24) is 15.5 Å². The molecule has 2 atom stereocenters. The third-order valence-electron chi connectivity index (χ3n) is 7.06. The molecule has 39 heavy (non-hydrogen) atoms. The Bertz CT molecular complexity index is 1140. The number of benzene rings is 2. The summed E-state index contributed by atoms with van der Waals surface area (Å²) in [5.74, 6) is 0.0350. The van der Waals surface area contributed by atoms with Gasteiger partial charge in [-0.25, -0.2) is 0 Å². The lowest BCUT2D eigenvalue weighted by atomic mass is 9.93. The van der Waals surface area contributed by atoms with Gasteiger partial charge in [-0.1, -0.05) is 49.7 Å². The third-order valence-corrected chi connectivity index (χ3v) is 7.48. The second kappa shape index (κ2) is 15.0. The van der Waals surface area contributed by atoms with Crippen LogP contribution in [0.2, 0.25) is 5.02 Å². The third kappa shape index (κ3) is 9.34. The zero-order chi connectivity index (χ0) is 28.4. The number of carbonyl (C=O) groups is 3. The first kappa shape index (κ1) is 30.6. The van der Waals surface area contributed by atoms with E-state index in [1.807, 2.05) is 25.1 Å². The predicted octanol–water partition coefficient (Wildman–Crippen LogP) is 3.79. The van der Waals surface area contributed by atoms with Crippen LogP contribution in [0.1, 0.15) is 56.2 Å². The topological polar surface area (TPSA) is 117 Å². The first-order valence-electron chi connectivity index (χ1n) is 13.8. The molecule has 2 aromatic rings. The number of carbonyl (C=O) groups excluding carboxylic acids is 3. The molecule has 5 N–H and O–H groups in total. The first-order chi connectivity index (χ1) is 18.7. The fourth-order valence-electron chi connectivity index (χ4n) is 4.76. The molecular formula is C30H42ClN5O3. The van der Waals surface area contributed by atoms with E-state index in [4.69, 9.17) is 17.3 Å². The van der Waals surface area contributed by atoms with Gasteiger partial charge in [0.25, 0.3) is 0 Å². The largest absolute Gasteiger partial charge is 0.356 e. The summed E-state index contributed by atoms with van der Waals surface area (Å²) in [6.45, 7) is 8.27. The van der Waals surface area contributed by atoms with E-state index < -0.39 is 12.1 Å². The Morgan fingerprint density at radius 2 is 1.85 bits per heavy atom. The molecule has 0 aromatic heterocycles. The van der Waals surface area contributed by atoms with Crippen molar-refractivity contribution >= 4 is 35.0 Å². The zero-order valence-electron chi connectivity index (χ0n) is 23.3. The monoisotopic (exact) mass is 555 g/mol. The maximum absolute atomic E-state index is 13.6. The van der Waals surface area contributed by atoms with E-state index >= 15 is 0 Å². The van der Waals surface area contributed by atoms with Gasteiger partial charge in [0.05, 0.1) is 6.04 Å². The van der Waals surface area contributed by atoms with E-state index in [1.54, 1.807) is 18.2 Å². The Morgan fingerprint density at radius 1 is 1.10 bits per heavy atom. The molecule has 8 nitrogen and oxygen atoms in total. The molecule has 0 bridgehead atoms. The van der Waals surface area contributed by atoms with Crippen molar-refractivity contribution in [1.29, 1.82) is 0 Å². The molecule has 3 amide bonds. The number of nitrogens with zero attached hydrogens (tertiary/aromatic N) is 1. The Labute approximate surface area is 237 Å². The van der Waals surface area contributed by atoms with Crippen LogP contribution in [0.3, 0.4) is 0 Å². The molecule has 0 unspecified atom stereocenters. The minimum Gasteiger partial charge on any atom is -0.356 e. The second-order valence-electron chi connectivity index (χ2n) is 10.7. The summed E-state index contributed by atoms with van der Waals surface area (Å²) in [6, 6.07) is 12.1. The highest BCUT2D eigenvalue weighted by molar-refractivity contribution is 6.31. The van der Waals surface area contributed by atoms with Crippen LogP contribution >= 0.6 is 11.6 Å². The summed E-state index contributed by atoms with van der Waals surface area (Å²) in [7, 11) is 0. The molecule has 0 radical (unpaired) electrons. The number of nitrogens with two attached hydrogens (primary N) is 1. The predicted molar refractivity (Wildman–Crippen MR) is 156 cm³/mol. The van der Waals surface area contributed by atoms with Crippen LogP contribution < -0.4 is 21.7 Å². The van der Waals surface area contributed by atoms with Crippen molar-refractivity contribution in [2.75, 3.05) is 25.0 Å². The number of amides is 3. The van der Waals surface area contributed by atoms with Crippen molar-refractivity contribution in [2.24, 2.45) is 11.7 Å². The minimum atomic E-state index is -0.774. The molecule has 0 fully saturated rings. The summed E-state index contributed by atoms with van der Waals surface area (Å²) < 4.78 is 0. The van der Waals surface area contributed by atoms with Gasteiger partial charge in [-0.2, -0.15) is 0 Å². The Balaban J connectivity index is 1.65. The van der Waals surface area contributed by atoms with Gasteiger partial charge in [0.2, 0.25) is 17.7 Å². The SMILES string of the molecule is Cc1cc(NC(=O)[C@H](CCN)NC(=O)[C@@H]2Cc3ccccc3CN2CCCC(=O)NCCC(C)C)ccc1Cl. The number of anilines is 1. The zero-order valence-corrected chi connectivity index (χ0v) is 24.0. The maximum Gasteiger partial charge on any atom is 0.246 e. The van der Waals surface area contributed by atoms with Gasteiger partial charge >= 0.3 is 0 Å². The molecule has 0 saturated heterocycles. The molecule has 1 aliphatic rings. The molecule has 212 valence electrons. The molecule has 0 aliphatic carbocycles. The standard InChI is InChI=1S/C30H42ClN5O3/c1-20(2)13-15-33-28(37)9-6-16-36-19-23-8-5-4-7-22(23)18-27(36)30(39)35-26(12-14-32)29(38)34-24-10-11-25(31)21(3)17-24/h4-5,7-8,10-11,17,20,26-27H,6,9,12-16,18-19,32H2,1-3H3,(H,33,37)(H,34,38)(H,35,39)/t26-,27-/m0/s1. The van der Waals surface area contributed by atoms with Crippen molar-refractivity contribution in [3.8, 4) is 0 Å². The number of aryl methyl sites for hydroxylation is 1. The highest BCUT2D eigenvalue weighted by Gasteiger charge is 2.33. The van der Waals surface area contributed by atoms with Crippen LogP contribution in [0.5, 0.6) is 0 Å². The van der Waals surface area contributed by atoms with E-state index in [-0.39, 0.29) is 24.3 Å². The van der Waals surface area contributed by atoms with Crippen molar-refractivity contribution in [3.63, 3.8) is 0 Å². The van der Waals surface area contributed by atoms with Gasteiger partial charge < -0.3 is 21.7 Å². The number of halogens is 1. The quantitative estimate of drug-likeness (QED) is 0.300. The number of hydrogen-bond acceptors (Lipinski definition) is 5. The highest BCUT2D eigenvalue weighted by Crippen LogP contribution is 2.24. The average Bonchev–Trinajstić information content (AvgIpc) is 2.89. The Morgan fingerprint density at radius 3 is 2.54 bits per heavy atom. The summed E-state index contributed by atoms with van der Waals surface area (Å²) in [6.07, 6.45) is 2.84. The summed E-state index contributed by atoms with van der Waals surface area (Å²) in [5, 5.41) is 9.42. The van der Waals surface area contributed by atoms with Crippen LogP contribution in [0.25, 0.3) is 0 Å². The highest BCUT2D eigenvalue weighted by atomic mass is 35.5. The van der Waals surface area contributed by atoms with E-state index in [0.717, 1.165) is 17.5 Å². The molecular weight excluding hydrogens is 514 g/mol. The molecule has 1 heterocycles. The first-order valence-corrected chi connectivity index (χ1v) is 14.2. The summed E-state index contributed by atoms with van der Waals surface area (Å²) in [4.78, 5) is 41.1. The van der Waals surface area contributed by atoms with Crippen LogP contribution in [-0.2, 0) is 27.3 Å². The van der Waals surface area contributed by atoms with Crippen molar-refractivity contribution < 1.29 is 14.4 Å². The normalized spacial score (nSPS) is 15.9. The number of fused-ring (bicyclic) bond motifs is 1. The lowest BCUT2D eigenvalue weighted by Crippen LogP contribution is -2.55. The molecule has 3 rings (SSSR count). The van der Waals surface area contributed by atoms with Gasteiger partial charge in [-0.15, -0.1) is 0 Å². The molecule has 1 aliphatic heterocycles. The van der Waals surface area contributed by atoms with Gasteiger partial charge in [-0.05, 0) is 86.5 Å². The van der Waals surface area contributed by atoms with Gasteiger partial charge in [0.1, 0.15) is 6.04 Å². The fraction of sp³-hybridized carbons (Fsp3) is 0.500. The van der Waals surface area contributed by atoms with Crippen LogP contribution in [0, 0.1) is 12.8 Å². The number of rotatable bonds is 13. The molecule has 9 heteroatoms. The molecule has 0 saturated carbocycles. The number of nitrogens with one attached hydrogen (secondary N) is 3.